The van der Waals surface area contributed by atoms with Crippen molar-refractivity contribution in [2.24, 2.45) is 5.84 Å². The Morgan fingerprint density at radius 3 is 2.60 bits per heavy atom. The van der Waals surface area contributed by atoms with Gasteiger partial charge in [-0.2, -0.15) is 0 Å². The standard InChI is InChI=1S/C14H16N4O2/c1-3-20-11-6-4-10(5-7-11)13-16-8-12(9(2)17-13)14(19)18-15/h4-8H,3,15H2,1-2H3,(H,18,19). The van der Waals surface area contributed by atoms with Crippen molar-refractivity contribution in [2.45, 2.75) is 13.8 Å². The molecule has 0 fully saturated rings. The molecular formula is C14H16N4O2. The second-order valence-electron chi connectivity index (χ2n) is 4.12. The minimum Gasteiger partial charge on any atom is -0.494 e. The zero-order valence-electron chi connectivity index (χ0n) is 11.4. The first kappa shape index (κ1) is 14.0. The maximum absolute atomic E-state index is 11.5. The lowest BCUT2D eigenvalue weighted by Gasteiger charge is -2.07. The van der Waals surface area contributed by atoms with Crippen LogP contribution in [-0.2, 0) is 0 Å². The number of nitrogens with one attached hydrogen (secondary N) is 1. The van der Waals surface area contributed by atoms with Crippen molar-refractivity contribution in [1.29, 1.82) is 0 Å². The van der Waals surface area contributed by atoms with E-state index >= 15 is 0 Å². The van der Waals surface area contributed by atoms with Gasteiger partial charge in [0.2, 0.25) is 0 Å². The fraction of sp³-hybridized carbons (Fsp3) is 0.214. The van der Waals surface area contributed by atoms with E-state index in [0.29, 0.717) is 23.7 Å². The van der Waals surface area contributed by atoms with Gasteiger partial charge < -0.3 is 4.74 Å². The molecule has 0 aliphatic heterocycles. The molecule has 20 heavy (non-hydrogen) atoms. The van der Waals surface area contributed by atoms with Gasteiger partial charge in [0.1, 0.15) is 5.75 Å². The molecule has 0 saturated carbocycles. The number of benzene rings is 1. The highest BCUT2D eigenvalue weighted by molar-refractivity contribution is 5.94. The Hall–Kier alpha value is -2.47. The number of aromatic nitrogens is 2. The molecule has 0 aliphatic rings. The SMILES string of the molecule is CCOc1ccc(-c2ncc(C(=O)NN)c(C)n2)cc1. The molecule has 0 unspecified atom stereocenters. The first-order valence-corrected chi connectivity index (χ1v) is 6.23. The van der Waals surface area contributed by atoms with Gasteiger partial charge in [0, 0.05) is 11.8 Å². The van der Waals surface area contributed by atoms with Crippen LogP contribution < -0.4 is 16.0 Å². The van der Waals surface area contributed by atoms with Gasteiger partial charge in [0.15, 0.2) is 5.82 Å². The molecule has 0 atom stereocenters. The number of rotatable bonds is 4. The summed E-state index contributed by atoms with van der Waals surface area (Å²) >= 11 is 0. The highest BCUT2D eigenvalue weighted by Crippen LogP contribution is 2.20. The number of hydrogen-bond donors (Lipinski definition) is 2. The Bertz CT molecular complexity index is 611. The molecule has 104 valence electrons. The number of hydrazine groups is 1. The van der Waals surface area contributed by atoms with Crippen LogP contribution in [0.1, 0.15) is 23.0 Å². The zero-order chi connectivity index (χ0) is 14.5. The molecule has 3 N–H and O–H groups in total. The number of aryl methyl sites for hydroxylation is 1. The maximum Gasteiger partial charge on any atom is 0.268 e. The van der Waals surface area contributed by atoms with Gasteiger partial charge in [-0.05, 0) is 38.1 Å². The molecule has 6 nitrogen and oxygen atoms in total. The smallest absolute Gasteiger partial charge is 0.268 e. The third-order valence-corrected chi connectivity index (χ3v) is 2.78. The van der Waals surface area contributed by atoms with Crippen LogP contribution in [0.2, 0.25) is 0 Å². The minimum absolute atomic E-state index is 0.363. The van der Waals surface area contributed by atoms with Crippen molar-refractivity contribution in [1.82, 2.24) is 15.4 Å². The maximum atomic E-state index is 11.5. The van der Waals surface area contributed by atoms with E-state index < -0.39 is 5.91 Å². The normalized spacial score (nSPS) is 10.2. The molecule has 1 heterocycles. The first-order chi connectivity index (χ1) is 9.65. The summed E-state index contributed by atoms with van der Waals surface area (Å²) in [5, 5.41) is 0. The second kappa shape index (κ2) is 6.12. The van der Waals surface area contributed by atoms with E-state index in [0.717, 1.165) is 11.3 Å². The monoisotopic (exact) mass is 272 g/mol. The van der Waals surface area contributed by atoms with Crippen molar-refractivity contribution in [3.63, 3.8) is 0 Å². The molecule has 2 rings (SSSR count). The van der Waals surface area contributed by atoms with Crippen molar-refractivity contribution < 1.29 is 9.53 Å². The summed E-state index contributed by atoms with van der Waals surface area (Å²) in [5.74, 6) is 6.05. The highest BCUT2D eigenvalue weighted by atomic mass is 16.5. The number of nitrogens with zero attached hydrogens (tertiary/aromatic N) is 2. The molecule has 1 aromatic heterocycles. The summed E-state index contributed by atoms with van der Waals surface area (Å²) in [6.45, 7) is 4.30. The molecule has 0 radical (unpaired) electrons. The molecule has 1 amide bonds. The Morgan fingerprint density at radius 1 is 1.35 bits per heavy atom. The van der Waals surface area contributed by atoms with Gasteiger partial charge >= 0.3 is 0 Å². The lowest BCUT2D eigenvalue weighted by atomic mass is 10.2. The number of nitrogen functional groups attached to an aromatic ring is 1. The van der Waals surface area contributed by atoms with Crippen LogP contribution in [0.15, 0.2) is 30.5 Å². The first-order valence-electron chi connectivity index (χ1n) is 6.23. The second-order valence-corrected chi connectivity index (χ2v) is 4.12. The molecule has 6 heteroatoms. The van der Waals surface area contributed by atoms with Crippen molar-refractivity contribution in [3.8, 4) is 17.1 Å². The number of carbonyl (C=O) groups excluding carboxylic acids is 1. The van der Waals surface area contributed by atoms with E-state index in [1.807, 2.05) is 31.2 Å². The number of hydrogen-bond acceptors (Lipinski definition) is 5. The summed E-state index contributed by atoms with van der Waals surface area (Å²) in [7, 11) is 0. The van der Waals surface area contributed by atoms with Gasteiger partial charge in [-0.1, -0.05) is 0 Å². The molecule has 0 aliphatic carbocycles. The molecular weight excluding hydrogens is 256 g/mol. The lowest BCUT2D eigenvalue weighted by Crippen LogP contribution is -2.31. The number of amides is 1. The quantitative estimate of drug-likeness (QED) is 0.499. The number of nitrogens with two attached hydrogens (primary N) is 1. The summed E-state index contributed by atoms with van der Waals surface area (Å²) in [4.78, 5) is 20.0. The van der Waals surface area contributed by atoms with E-state index in [1.165, 1.54) is 6.20 Å². The lowest BCUT2D eigenvalue weighted by molar-refractivity contribution is 0.0952. The van der Waals surface area contributed by atoms with Gasteiger partial charge in [-0.3, -0.25) is 10.2 Å². The Kier molecular flexibility index (Phi) is 4.27. The van der Waals surface area contributed by atoms with Crippen molar-refractivity contribution in [3.05, 3.63) is 41.7 Å². The fourth-order valence-corrected chi connectivity index (χ4v) is 1.77. The van der Waals surface area contributed by atoms with Crippen LogP contribution in [0.25, 0.3) is 11.4 Å². The topological polar surface area (TPSA) is 90.1 Å². The Labute approximate surface area is 117 Å². The molecule has 0 bridgehead atoms. The molecule has 0 saturated heterocycles. The largest absolute Gasteiger partial charge is 0.494 e. The third-order valence-electron chi connectivity index (χ3n) is 2.78. The summed E-state index contributed by atoms with van der Waals surface area (Å²) in [6, 6.07) is 7.47. The number of ether oxygens (including phenoxy) is 1. The van der Waals surface area contributed by atoms with Crippen LogP contribution in [0, 0.1) is 6.92 Å². The highest BCUT2D eigenvalue weighted by Gasteiger charge is 2.11. The summed E-state index contributed by atoms with van der Waals surface area (Å²) in [5.41, 5.74) is 3.86. The predicted molar refractivity (Wildman–Crippen MR) is 75.0 cm³/mol. The van der Waals surface area contributed by atoms with E-state index in [1.54, 1.807) is 6.92 Å². The summed E-state index contributed by atoms with van der Waals surface area (Å²) in [6.07, 6.45) is 1.47. The molecule has 1 aromatic carbocycles. The average Bonchev–Trinajstić information content (AvgIpc) is 2.47. The zero-order valence-corrected chi connectivity index (χ0v) is 11.4. The van der Waals surface area contributed by atoms with Crippen LogP contribution in [0.3, 0.4) is 0 Å². The van der Waals surface area contributed by atoms with Crippen LogP contribution in [-0.4, -0.2) is 22.5 Å². The van der Waals surface area contributed by atoms with E-state index in [9.17, 15) is 4.79 Å². The molecule has 0 spiro atoms. The van der Waals surface area contributed by atoms with Gasteiger partial charge in [-0.25, -0.2) is 15.8 Å². The predicted octanol–water partition coefficient (Wildman–Crippen LogP) is 1.45. The van der Waals surface area contributed by atoms with Crippen LogP contribution >= 0.6 is 0 Å². The van der Waals surface area contributed by atoms with E-state index in [2.05, 4.69) is 15.4 Å². The van der Waals surface area contributed by atoms with Gasteiger partial charge in [-0.15, -0.1) is 0 Å². The van der Waals surface area contributed by atoms with E-state index in [4.69, 9.17) is 10.6 Å². The van der Waals surface area contributed by atoms with Crippen molar-refractivity contribution >= 4 is 5.91 Å². The van der Waals surface area contributed by atoms with Gasteiger partial charge in [0.05, 0.1) is 17.9 Å². The Morgan fingerprint density at radius 2 is 2.05 bits per heavy atom. The third kappa shape index (κ3) is 2.92. The fourth-order valence-electron chi connectivity index (χ4n) is 1.77. The van der Waals surface area contributed by atoms with Gasteiger partial charge in [0.25, 0.3) is 5.91 Å². The summed E-state index contributed by atoms with van der Waals surface area (Å²) < 4.78 is 5.38. The molecule has 2 aromatic rings. The average molecular weight is 272 g/mol. The van der Waals surface area contributed by atoms with Crippen molar-refractivity contribution in [2.75, 3.05) is 6.61 Å². The number of carbonyl (C=O) groups is 1. The van der Waals surface area contributed by atoms with Crippen LogP contribution in [0.4, 0.5) is 0 Å². The Balaban J connectivity index is 2.29. The minimum atomic E-state index is -0.402. The van der Waals surface area contributed by atoms with Crippen LogP contribution in [0.5, 0.6) is 5.75 Å². The van der Waals surface area contributed by atoms with E-state index in [-0.39, 0.29) is 0 Å².